The fourth-order valence-electron chi connectivity index (χ4n) is 8.83. The highest BCUT2D eigenvalue weighted by atomic mass is 32.2. The van der Waals surface area contributed by atoms with Crippen LogP contribution in [0.25, 0.3) is 10.9 Å². The number of rotatable bonds is 6. The number of alkyl carbamates (subject to hydrolysis) is 1. The number of alkyl halides is 4. The van der Waals surface area contributed by atoms with Gasteiger partial charge in [0.2, 0.25) is 27.4 Å². The fourth-order valence-corrected chi connectivity index (χ4v) is 10.1. The highest BCUT2D eigenvalue weighted by molar-refractivity contribution is 7.91. The van der Waals surface area contributed by atoms with Gasteiger partial charge < -0.3 is 25.0 Å². The lowest BCUT2D eigenvalue weighted by Crippen LogP contribution is -2.70. The maximum Gasteiger partial charge on any atom is 0.427 e. The predicted octanol–water partition coefficient (Wildman–Crippen LogP) is 6.46. The van der Waals surface area contributed by atoms with Gasteiger partial charge in [-0.3, -0.25) is 19.1 Å². The Kier molecular flexibility index (Phi) is 11.2. The van der Waals surface area contributed by atoms with Gasteiger partial charge in [0.1, 0.15) is 35.1 Å². The number of hydrogen-bond donors (Lipinski definition) is 3. The van der Waals surface area contributed by atoms with Crippen LogP contribution in [0.15, 0.2) is 30.4 Å². The Bertz CT molecular complexity index is 2230. The molecule has 1 aromatic carbocycles. The number of amides is 4. The van der Waals surface area contributed by atoms with Gasteiger partial charge in [0.05, 0.1) is 22.5 Å². The van der Waals surface area contributed by atoms with Crippen molar-refractivity contribution in [2.75, 3.05) is 6.54 Å². The van der Waals surface area contributed by atoms with Gasteiger partial charge in [0.25, 0.3) is 5.91 Å². The van der Waals surface area contributed by atoms with Crippen LogP contribution < -0.4 is 20.1 Å². The molecular formula is C42H53F4N5O8S. The van der Waals surface area contributed by atoms with Gasteiger partial charge in [0.15, 0.2) is 0 Å². The van der Waals surface area contributed by atoms with Gasteiger partial charge in [0, 0.05) is 29.7 Å². The van der Waals surface area contributed by atoms with Crippen LogP contribution >= 0.6 is 0 Å². The van der Waals surface area contributed by atoms with Crippen LogP contribution in [-0.4, -0.2) is 88.4 Å². The Hall–Kier alpha value is -4.48. The topological polar surface area (TPSA) is 173 Å². The molecule has 2 aromatic rings. The molecule has 6 unspecified atom stereocenters. The molecule has 328 valence electrons. The first kappa shape index (κ1) is 43.6. The quantitative estimate of drug-likeness (QED) is 0.218. The van der Waals surface area contributed by atoms with Gasteiger partial charge in [-0.25, -0.2) is 22.6 Å². The summed E-state index contributed by atoms with van der Waals surface area (Å²) in [6.07, 6.45) is -1.06. The van der Waals surface area contributed by atoms with Crippen LogP contribution in [0, 0.1) is 12.8 Å². The molecule has 18 heteroatoms. The average Bonchev–Trinajstić information content (AvgIpc) is 3.82. The summed E-state index contributed by atoms with van der Waals surface area (Å²) >= 11 is 0. The fraction of sp³-hybridized carbons (Fsp3) is 0.643. The third-order valence-electron chi connectivity index (χ3n) is 13.2. The average molecular weight is 864 g/mol. The van der Waals surface area contributed by atoms with E-state index >= 15 is 4.39 Å². The molecular weight excluding hydrogens is 811 g/mol. The lowest BCUT2D eigenvalue weighted by Gasteiger charge is -2.48. The lowest BCUT2D eigenvalue weighted by atomic mass is 9.65. The van der Waals surface area contributed by atoms with E-state index in [0.29, 0.717) is 87.4 Å². The molecule has 3 aliphatic heterocycles. The molecule has 7 rings (SSSR count). The summed E-state index contributed by atoms with van der Waals surface area (Å²) in [5.41, 5.74) is -3.96. The van der Waals surface area contributed by atoms with Crippen LogP contribution in [0.3, 0.4) is 0 Å². The molecule has 1 aromatic heterocycles. The van der Waals surface area contributed by atoms with E-state index in [2.05, 4.69) is 20.3 Å². The Morgan fingerprint density at radius 3 is 2.47 bits per heavy atom. The van der Waals surface area contributed by atoms with Crippen molar-refractivity contribution in [1.29, 1.82) is 0 Å². The molecule has 6 atom stereocenters. The monoisotopic (exact) mass is 863 g/mol. The second-order valence-corrected chi connectivity index (χ2v) is 20.1. The Morgan fingerprint density at radius 1 is 1.08 bits per heavy atom. The highest BCUT2D eigenvalue weighted by Crippen LogP contribution is 2.51. The molecule has 5 aliphatic rings. The normalized spacial score (nSPS) is 29.4. The summed E-state index contributed by atoms with van der Waals surface area (Å²) < 4.78 is 97.2. The molecule has 3 N–H and O–H groups in total. The molecule has 3 fully saturated rings. The molecule has 0 radical (unpaired) electrons. The first-order chi connectivity index (χ1) is 28.0. The smallest absolute Gasteiger partial charge is 0.427 e. The summed E-state index contributed by atoms with van der Waals surface area (Å²) in [7, 11) is -4.12. The number of carbonyl (C=O) groups excluding carboxylic acids is 4. The maximum absolute atomic E-state index is 16.9. The number of pyridine rings is 1. The van der Waals surface area contributed by atoms with E-state index in [4.69, 9.17) is 9.47 Å². The standard InChI is InChI=1S/C42H53F4N5O8S/c1-6-25-14-15-29-27(20-25)32-28(43)21-40(58-33(32)24(2)47-29)22-31-34(52)49-41(36(54)50-60(56,57)39(5)18-19-39)17-16-26(41)12-10-8-7-9-11-13-30(35(53)51(31)23-40)48-37(55)59-38(3,4)42(44,45)46/h10,12,14-15,20,26,28,30-31H,6-9,11,13,16-19,21-23H2,1-5H3,(H,48,55)(H,49,52)(H,50,54). The van der Waals surface area contributed by atoms with E-state index in [9.17, 15) is 40.8 Å². The number of fused-ring (bicyclic) bond motifs is 5. The van der Waals surface area contributed by atoms with Crippen molar-refractivity contribution in [1.82, 2.24) is 25.2 Å². The van der Waals surface area contributed by atoms with Crippen molar-refractivity contribution in [2.24, 2.45) is 5.92 Å². The van der Waals surface area contributed by atoms with E-state index in [1.165, 1.54) is 6.92 Å². The molecule has 1 spiro atoms. The third-order valence-corrected chi connectivity index (χ3v) is 15.4. The number of hydrogen-bond acceptors (Lipinski definition) is 9. The largest absolute Gasteiger partial charge is 0.483 e. The lowest BCUT2D eigenvalue weighted by molar-refractivity contribution is -0.244. The van der Waals surface area contributed by atoms with Crippen LogP contribution in [0.2, 0.25) is 0 Å². The molecule has 2 saturated carbocycles. The maximum atomic E-state index is 16.9. The number of sulfonamides is 1. The number of nitrogens with one attached hydrogen (secondary N) is 3. The van der Waals surface area contributed by atoms with Crippen LogP contribution in [0.4, 0.5) is 22.4 Å². The van der Waals surface area contributed by atoms with Crippen LogP contribution in [0.1, 0.15) is 121 Å². The van der Waals surface area contributed by atoms with Crippen LogP contribution in [0.5, 0.6) is 5.75 Å². The minimum Gasteiger partial charge on any atom is -0.483 e. The predicted molar refractivity (Wildman–Crippen MR) is 212 cm³/mol. The molecule has 4 amide bonds. The zero-order valence-electron chi connectivity index (χ0n) is 34.5. The summed E-state index contributed by atoms with van der Waals surface area (Å²) in [6, 6.07) is 2.66. The molecule has 0 bridgehead atoms. The second-order valence-electron chi connectivity index (χ2n) is 17.9. The van der Waals surface area contributed by atoms with Gasteiger partial charge in [-0.2, -0.15) is 13.2 Å². The zero-order valence-corrected chi connectivity index (χ0v) is 35.3. The number of nitrogens with zero attached hydrogens (tertiary/aromatic N) is 2. The highest BCUT2D eigenvalue weighted by Gasteiger charge is 2.60. The van der Waals surface area contributed by atoms with E-state index in [-0.39, 0.29) is 38.0 Å². The van der Waals surface area contributed by atoms with E-state index in [0.717, 1.165) is 10.5 Å². The number of carbonyl (C=O) groups is 4. The summed E-state index contributed by atoms with van der Waals surface area (Å²) in [5, 5.41) is 5.71. The Morgan fingerprint density at radius 2 is 1.82 bits per heavy atom. The third kappa shape index (κ3) is 7.92. The zero-order chi connectivity index (χ0) is 43.6. The van der Waals surface area contributed by atoms with Crippen LogP contribution in [-0.2, 0) is 35.6 Å². The van der Waals surface area contributed by atoms with E-state index in [1.807, 2.05) is 31.2 Å². The SMILES string of the molecule is CCc1ccc2nc(C)c3c(c2c1)C(F)CC1(CC2C(=O)NC4(C(=O)NS(=O)(=O)C5(C)CC5)CCC4C=CCCCCCC(NC(=O)OC(C)(C)C(F)(F)F)C(=O)N2C1)O3. The number of allylic oxidation sites excluding steroid dienone is 1. The summed E-state index contributed by atoms with van der Waals surface area (Å²) in [4.78, 5) is 62.6. The number of halogens is 4. The van der Waals surface area contributed by atoms with Crippen molar-refractivity contribution in [2.45, 2.75) is 158 Å². The molecule has 4 heterocycles. The Labute approximate surface area is 346 Å². The molecule has 13 nitrogen and oxygen atoms in total. The minimum absolute atomic E-state index is 0.0300. The molecule has 1 saturated heterocycles. The van der Waals surface area contributed by atoms with E-state index < -0.39 is 85.7 Å². The van der Waals surface area contributed by atoms with Crippen molar-refractivity contribution >= 4 is 44.7 Å². The number of aryl methyl sites for hydroxylation is 2. The molecule has 2 aliphatic carbocycles. The minimum atomic E-state index is -4.93. The number of ether oxygens (including phenoxy) is 2. The van der Waals surface area contributed by atoms with Gasteiger partial charge in [-0.05, 0) is 96.8 Å². The molecule has 60 heavy (non-hydrogen) atoms. The van der Waals surface area contributed by atoms with Crippen molar-refractivity contribution in [3.63, 3.8) is 0 Å². The first-order valence-corrected chi connectivity index (χ1v) is 22.2. The second kappa shape index (κ2) is 15.5. The Balaban J connectivity index is 1.27. The summed E-state index contributed by atoms with van der Waals surface area (Å²) in [5.74, 6) is -3.04. The van der Waals surface area contributed by atoms with E-state index in [1.54, 1.807) is 13.0 Å². The van der Waals surface area contributed by atoms with Crippen molar-refractivity contribution in [3.05, 3.63) is 47.2 Å². The number of aromatic nitrogens is 1. The van der Waals surface area contributed by atoms with Crippen molar-refractivity contribution < 1.29 is 54.6 Å². The number of benzene rings is 1. The first-order valence-electron chi connectivity index (χ1n) is 20.7. The van der Waals surface area contributed by atoms with Gasteiger partial charge in [-0.15, -0.1) is 0 Å². The van der Waals surface area contributed by atoms with Crippen molar-refractivity contribution in [3.8, 4) is 5.75 Å². The van der Waals surface area contributed by atoms with Gasteiger partial charge in [-0.1, -0.05) is 38.0 Å². The van der Waals surface area contributed by atoms with Gasteiger partial charge >= 0.3 is 12.3 Å². The summed E-state index contributed by atoms with van der Waals surface area (Å²) in [6.45, 7) is 6.15.